The molecule has 2 aromatic heterocycles. The van der Waals surface area contributed by atoms with E-state index < -0.39 is 0 Å². The van der Waals surface area contributed by atoms with E-state index in [0.29, 0.717) is 25.0 Å². The molecule has 3 heterocycles. The number of para-hydroxylation sites is 1. The molecule has 1 atom stereocenters. The van der Waals surface area contributed by atoms with E-state index in [-0.39, 0.29) is 23.0 Å². The zero-order valence-corrected chi connectivity index (χ0v) is 34.6. The molecule has 1 aliphatic heterocycles. The van der Waals surface area contributed by atoms with Crippen LogP contribution in [-0.4, -0.2) is 126 Å². The van der Waals surface area contributed by atoms with Crippen molar-refractivity contribution in [2.75, 3.05) is 74.6 Å². The highest BCUT2D eigenvalue weighted by Gasteiger charge is 2.49. The van der Waals surface area contributed by atoms with E-state index in [0.717, 1.165) is 116 Å². The number of carbonyl (C=O) groups excluding carboxylic acids is 1. The van der Waals surface area contributed by atoms with Crippen molar-refractivity contribution in [3.05, 3.63) is 65.2 Å². The normalized spacial score (nSPS) is 25.6. The number of carbonyl (C=O) groups is 1. The van der Waals surface area contributed by atoms with Crippen LogP contribution in [0.3, 0.4) is 0 Å². The van der Waals surface area contributed by atoms with Crippen molar-refractivity contribution in [3.8, 4) is 5.75 Å². The minimum atomic E-state index is -0.252. The lowest BCUT2D eigenvalue weighted by Gasteiger charge is -2.39. The van der Waals surface area contributed by atoms with Crippen LogP contribution in [0.5, 0.6) is 5.75 Å². The third-order valence-electron chi connectivity index (χ3n) is 12.6. The molecular formula is C43H69N9O3. The summed E-state index contributed by atoms with van der Waals surface area (Å²) in [6, 6.07) is 9.81. The maximum Gasteiger partial charge on any atom is 0.225 e. The van der Waals surface area contributed by atoms with Gasteiger partial charge in [0.2, 0.25) is 5.91 Å². The van der Waals surface area contributed by atoms with Crippen LogP contribution in [0, 0.1) is 5.92 Å². The zero-order chi connectivity index (χ0) is 38.8. The highest BCUT2D eigenvalue weighted by Crippen LogP contribution is 2.50. The first-order valence-electron chi connectivity index (χ1n) is 21.0. The Bertz CT molecular complexity index is 1610. The number of hydrogen-bond acceptors (Lipinski definition) is 9. The maximum absolute atomic E-state index is 13.4. The minimum absolute atomic E-state index is 0.0523. The maximum atomic E-state index is 13.4. The molecule has 304 valence electrons. The smallest absolute Gasteiger partial charge is 0.225 e. The number of likely N-dealkylation sites (N-methyl/N-ethyl adjacent to an activating group) is 5. The molecule has 3 N–H and O–H groups in total. The molecule has 3 aromatic rings. The Morgan fingerprint density at radius 1 is 0.873 bits per heavy atom. The number of benzene rings is 1. The molecule has 2 saturated carbocycles. The quantitative estimate of drug-likeness (QED) is 0.148. The van der Waals surface area contributed by atoms with Crippen LogP contribution in [0.25, 0.3) is 0 Å². The van der Waals surface area contributed by atoms with Crippen molar-refractivity contribution < 1.29 is 14.3 Å². The molecule has 55 heavy (non-hydrogen) atoms. The van der Waals surface area contributed by atoms with Crippen LogP contribution >= 0.6 is 0 Å². The van der Waals surface area contributed by atoms with Gasteiger partial charge in [0.1, 0.15) is 12.4 Å². The van der Waals surface area contributed by atoms with Crippen LogP contribution in [0.4, 0.5) is 0 Å². The molecular weight excluding hydrogens is 691 g/mol. The Balaban J connectivity index is 1.04. The van der Waals surface area contributed by atoms with Gasteiger partial charge in [0.15, 0.2) is 0 Å². The van der Waals surface area contributed by atoms with Crippen molar-refractivity contribution >= 4 is 5.91 Å². The molecule has 2 aliphatic carbocycles. The molecule has 1 saturated heterocycles. The van der Waals surface area contributed by atoms with Crippen LogP contribution in [0.1, 0.15) is 105 Å². The fraction of sp³-hybridized carbons (Fsp3) is 0.698. The molecule has 12 heteroatoms. The fourth-order valence-electron chi connectivity index (χ4n) is 9.37. The van der Waals surface area contributed by atoms with Gasteiger partial charge < -0.3 is 34.8 Å². The van der Waals surface area contributed by atoms with E-state index in [9.17, 15) is 4.79 Å². The molecule has 3 fully saturated rings. The number of nitrogens with zero attached hydrogens (tertiary/aromatic N) is 6. The molecule has 6 rings (SSSR count). The van der Waals surface area contributed by atoms with Gasteiger partial charge in [0.05, 0.1) is 35.7 Å². The summed E-state index contributed by atoms with van der Waals surface area (Å²) in [5, 5.41) is 19.8. The standard InChI is InChI=1S/C43H69N9O3/c1-42(20-21-43(55-42)18-16-34(17-19-43)39-36(28-46-47-39)29-49(4)24-22-44-2)32-52-31-37(30-50(5)25-23-45-3)40(48-52)33-12-14-35(15-13-33)41(53)51(6)26-27-54-38-10-8-7-9-11-38/h7-11,28,31,33-35,44-45H,12-27,29-30,32H2,1-6H3,(H,46,47)/t33-,34-,35+,42?,43-. The summed E-state index contributed by atoms with van der Waals surface area (Å²) < 4.78 is 15.2. The number of H-pyrrole nitrogens is 1. The average molecular weight is 760 g/mol. The third kappa shape index (κ3) is 11.0. The summed E-state index contributed by atoms with van der Waals surface area (Å²) in [6.45, 7) is 9.85. The van der Waals surface area contributed by atoms with Crippen LogP contribution < -0.4 is 15.4 Å². The number of aromatic nitrogens is 4. The highest BCUT2D eigenvalue weighted by molar-refractivity contribution is 5.78. The summed E-state index contributed by atoms with van der Waals surface area (Å²) in [4.78, 5) is 20.0. The Kier molecular flexibility index (Phi) is 14.5. The lowest BCUT2D eigenvalue weighted by molar-refractivity contribution is -0.135. The second-order valence-corrected chi connectivity index (χ2v) is 17.2. The molecule has 12 nitrogen and oxygen atoms in total. The number of ether oxygens (including phenoxy) is 2. The van der Waals surface area contributed by atoms with Gasteiger partial charge in [-0.2, -0.15) is 10.2 Å². The van der Waals surface area contributed by atoms with Gasteiger partial charge in [0, 0.05) is 87.6 Å². The summed E-state index contributed by atoms with van der Waals surface area (Å²) in [5.41, 5.74) is 4.81. The Morgan fingerprint density at radius 2 is 1.53 bits per heavy atom. The van der Waals surface area contributed by atoms with Gasteiger partial charge >= 0.3 is 0 Å². The summed E-state index contributed by atoms with van der Waals surface area (Å²) >= 11 is 0. The van der Waals surface area contributed by atoms with Crippen molar-refractivity contribution in [1.82, 2.24) is 45.3 Å². The average Bonchev–Trinajstić information content (AvgIpc) is 3.90. The van der Waals surface area contributed by atoms with Gasteiger partial charge in [0.25, 0.3) is 0 Å². The monoisotopic (exact) mass is 760 g/mol. The zero-order valence-electron chi connectivity index (χ0n) is 34.6. The summed E-state index contributed by atoms with van der Waals surface area (Å²) in [7, 11) is 10.3. The van der Waals surface area contributed by atoms with Gasteiger partial charge in [-0.1, -0.05) is 18.2 Å². The third-order valence-corrected chi connectivity index (χ3v) is 12.6. The Morgan fingerprint density at radius 3 is 2.20 bits per heavy atom. The van der Waals surface area contributed by atoms with Crippen molar-refractivity contribution in [2.24, 2.45) is 5.92 Å². The predicted molar refractivity (Wildman–Crippen MR) is 218 cm³/mol. The molecule has 1 aromatic carbocycles. The Labute approximate surface area is 330 Å². The first-order chi connectivity index (χ1) is 26.6. The van der Waals surface area contributed by atoms with Crippen molar-refractivity contribution in [2.45, 2.75) is 114 Å². The first kappa shape index (κ1) is 41.3. The number of rotatable bonds is 19. The van der Waals surface area contributed by atoms with E-state index in [1.54, 1.807) is 0 Å². The van der Waals surface area contributed by atoms with E-state index >= 15 is 0 Å². The topological polar surface area (TPSA) is 116 Å². The highest BCUT2D eigenvalue weighted by atomic mass is 16.5. The largest absolute Gasteiger partial charge is 0.492 e. The van der Waals surface area contributed by atoms with Gasteiger partial charge in [-0.05, 0) is 111 Å². The van der Waals surface area contributed by atoms with E-state index in [1.165, 1.54) is 22.5 Å². The van der Waals surface area contributed by atoms with Crippen LogP contribution in [0.2, 0.25) is 0 Å². The molecule has 1 amide bonds. The summed E-state index contributed by atoms with van der Waals surface area (Å²) in [5.74, 6) is 1.97. The molecule has 0 bridgehead atoms. The number of aromatic amines is 1. The van der Waals surface area contributed by atoms with E-state index in [4.69, 9.17) is 19.7 Å². The van der Waals surface area contributed by atoms with Crippen LogP contribution in [-0.2, 0) is 29.2 Å². The molecule has 1 unspecified atom stereocenters. The second-order valence-electron chi connectivity index (χ2n) is 17.2. The molecule has 1 spiro atoms. The number of hydrogen-bond donors (Lipinski definition) is 3. The molecule has 3 aliphatic rings. The van der Waals surface area contributed by atoms with E-state index in [2.05, 4.69) is 63.6 Å². The number of nitrogens with one attached hydrogen (secondary N) is 3. The fourth-order valence-corrected chi connectivity index (χ4v) is 9.37. The SMILES string of the molecule is CNCCN(C)Cc1c[nH]nc1[C@H]1CC[C@@]2(CCC(C)(Cn3cc(CN(C)CCNC)c([C@H]4CC[C@@H](C(=O)N(C)CCOc5ccccc5)CC4)n3)O2)CC1. The Hall–Kier alpha value is -3.29. The predicted octanol–water partition coefficient (Wildman–Crippen LogP) is 5.39. The van der Waals surface area contributed by atoms with Crippen molar-refractivity contribution in [1.29, 1.82) is 0 Å². The van der Waals surface area contributed by atoms with Crippen molar-refractivity contribution in [3.63, 3.8) is 0 Å². The minimum Gasteiger partial charge on any atom is -0.492 e. The van der Waals surface area contributed by atoms with Gasteiger partial charge in [-0.25, -0.2) is 0 Å². The lowest BCUT2D eigenvalue weighted by atomic mass is 9.75. The molecule has 0 radical (unpaired) electrons. The van der Waals surface area contributed by atoms with Gasteiger partial charge in [-0.3, -0.25) is 14.6 Å². The van der Waals surface area contributed by atoms with Crippen LogP contribution in [0.15, 0.2) is 42.7 Å². The number of amides is 1. The first-order valence-corrected chi connectivity index (χ1v) is 21.0. The summed E-state index contributed by atoms with van der Waals surface area (Å²) in [6.07, 6.45) is 14.7. The van der Waals surface area contributed by atoms with E-state index in [1.807, 2.05) is 56.4 Å². The van der Waals surface area contributed by atoms with Gasteiger partial charge in [-0.15, -0.1) is 0 Å². The second kappa shape index (κ2) is 19.2. The lowest BCUT2D eigenvalue weighted by Crippen LogP contribution is -2.39.